The Balaban J connectivity index is 2.22. The third kappa shape index (κ3) is 6.20. The summed E-state index contributed by atoms with van der Waals surface area (Å²) in [4.78, 5) is 11.7. The largest absolute Gasteiger partial charge is 0.356 e. The Morgan fingerprint density at radius 1 is 1.33 bits per heavy atom. The molecule has 1 atom stereocenters. The summed E-state index contributed by atoms with van der Waals surface area (Å²) >= 11 is 3.41. The van der Waals surface area contributed by atoms with Crippen molar-refractivity contribution < 1.29 is 4.79 Å². The van der Waals surface area contributed by atoms with Crippen molar-refractivity contribution in [2.45, 2.75) is 33.1 Å². The lowest BCUT2D eigenvalue weighted by molar-refractivity contribution is -0.121. The molecular weight excluding hydrogens is 290 g/mol. The van der Waals surface area contributed by atoms with Crippen LogP contribution in [0.25, 0.3) is 0 Å². The number of rotatable bonds is 7. The molecule has 2 nitrogen and oxygen atoms in total. The highest BCUT2D eigenvalue weighted by molar-refractivity contribution is 9.09. The van der Waals surface area contributed by atoms with Crippen LogP contribution >= 0.6 is 15.9 Å². The zero-order valence-electron chi connectivity index (χ0n) is 11.2. The highest BCUT2D eigenvalue weighted by Crippen LogP contribution is 2.06. The fourth-order valence-corrected chi connectivity index (χ4v) is 2.46. The van der Waals surface area contributed by atoms with Gasteiger partial charge in [-0.25, -0.2) is 0 Å². The van der Waals surface area contributed by atoms with Crippen LogP contribution in [0.3, 0.4) is 0 Å². The molecule has 0 saturated carbocycles. The van der Waals surface area contributed by atoms with Crippen LogP contribution in [0.2, 0.25) is 0 Å². The monoisotopic (exact) mass is 311 g/mol. The molecule has 18 heavy (non-hydrogen) atoms. The summed E-state index contributed by atoms with van der Waals surface area (Å²) in [5, 5.41) is 3.98. The fourth-order valence-electron chi connectivity index (χ4n) is 1.68. The van der Waals surface area contributed by atoms with Crippen molar-refractivity contribution in [3.8, 4) is 0 Å². The van der Waals surface area contributed by atoms with Gasteiger partial charge in [-0.3, -0.25) is 4.79 Å². The summed E-state index contributed by atoms with van der Waals surface area (Å²) in [5.74, 6) is 0.685. The lowest BCUT2D eigenvalue weighted by Crippen LogP contribution is -2.28. The van der Waals surface area contributed by atoms with Crippen molar-refractivity contribution in [3.63, 3.8) is 0 Å². The Labute approximate surface area is 118 Å². The SMILES string of the molecule is Cc1ccc(CCC(=O)NCC(C)CCBr)cc1. The Morgan fingerprint density at radius 3 is 2.61 bits per heavy atom. The molecule has 0 spiro atoms. The first-order valence-corrected chi connectivity index (χ1v) is 7.62. The molecule has 0 aliphatic heterocycles. The molecule has 0 aliphatic carbocycles. The molecule has 1 aromatic rings. The molecule has 3 heteroatoms. The Morgan fingerprint density at radius 2 is 2.00 bits per heavy atom. The average Bonchev–Trinajstić information content (AvgIpc) is 2.36. The van der Waals surface area contributed by atoms with E-state index in [4.69, 9.17) is 0 Å². The normalized spacial score (nSPS) is 12.2. The molecule has 1 amide bonds. The van der Waals surface area contributed by atoms with Crippen LogP contribution in [0.4, 0.5) is 0 Å². The van der Waals surface area contributed by atoms with Gasteiger partial charge in [0.25, 0.3) is 0 Å². The second-order valence-electron chi connectivity index (χ2n) is 4.87. The van der Waals surface area contributed by atoms with Crippen LogP contribution in [-0.4, -0.2) is 17.8 Å². The lowest BCUT2D eigenvalue weighted by atomic mass is 10.1. The number of halogens is 1. The number of hydrogen-bond acceptors (Lipinski definition) is 1. The van der Waals surface area contributed by atoms with Gasteiger partial charge in [0.15, 0.2) is 0 Å². The summed E-state index contributed by atoms with van der Waals surface area (Å²) in [6.45, 7) is 5.00. The van der Waals surface area contributed by atoms with Crippen LogP contribution in [-0.2, 0) is 11.2 Å². The third-order valence-electron chi connectivity index (χ3n) is 3.01. The van der Waals surface area contributed by atoms with Gasteiger partial charge in [0.05, 0.1) is 0 Å². The fraction of sp³-hybridized carbons (Fsp3) is 0.533. The van der Waals surface area contributed by atoms with E-state index in [1.165, 1.54) is 11.1 Å². The predicted molar refractivity (Wildman–Crippen MR) is 80.1 cm³/mol. The maximum atomic E-state index is 11.7. The summed E-state index contributed by atoms with van der Waals surface area (Å²) in [5.41, 5.74) is 2.48. The van der Waals surface area contributed by atoms with Crippen LogP contribution in [0.15, 0.2) is 24.3 Å². The number of hydrogen-bond donors (Lipinski definition) is 1. The molecule has 0 fully saturated rings. The molecule has 0 radical (unpaired) electrons. The van der Waals surface area contributed by atoms with Gasteiger partial charge in [-0.1, -0.05) is 52.7 Å². The number of alkyl halides is 1. The van der Waals surface area contributed by atoms with Crippen molar-refractivity contribution in [2.75, 3.05) is 11.9 Å². The molecular formula is C15H22BrNO. The van der Waals surface area contributed by atoms with Gasteiger partial charge in [0.1, 0.15) is 0 Å². The summed E-state index contributed by atoms with van der Waals surface area (Å²) in [7, 11) is 0. The minimum atomic E-state index is 0.150. The molecule has 0 bridgehead atoms. The zero-order valence-corrected chi connectivity index (χ0v) is 12.8. The number of benzene rings is 1. The van der Waals surface area contributed by atoms with E-state index >= 15 is 0 Å². The van der Waals surface area contributed by atoms with E-state index in [-0.39, 0.29) is 5.91 Å². The van der Waals surface area contributed by atoms with Gasteiger partial charge < -0.3 is 5.32 Å². The molecule has 1 unspecified atom stereocenters. The quantitative estimate of drug-likeness (QED) is 0.768. The second kappa shape index (κ2) is 8.30. The van der Waals surface area contributed by atoms with Gasteiger partial charge in [-0.15, -0.1) is 0 Å². The Bertz CT molecular complexity index is 361. The first-order valence-electron chi connectivity index (χ1n) is 6.50. The van der Waals surface area contributed by atoms with E-state index in [1.807, 2.05) is 0 Å². The Kier molecular flexibility index (Phi) is 7.02. The number of carbonyl (C=O) groups excluding carboxylic acids is 1. The van der Waals surface area contributed by atoms with Gasteiger partial charge in [0.2, 0.25) is 5.91 Å². The average molecular weight is 312 g/mol. The molecule has 0 aliphatic rings. The molecule has 1 rings (SSSR count). The molecule has 0 aromatic heterocycles. The third-order valence-corrected chi connectivity index (χ3v) is 3.47. The zero-order chi connectivity index (χ0) is 13.4. The van der Waals surface area contributed by atoms with Crippen molar-refractivity contribution >= 4 is 21.8 Å². The molecule has 1 aromatic carbocycles. The highest BCUT2D eigenvalue weighted by Gasteiger charge is 2.05. The number of carbonyl (C=O) groups is 1. The minimum Gasteiger partial charge on any atom is -0.356 e. The van der Waals surface area contributed by atoms with E-state index in [1.54, 1.807) is 0 Å². The number of aryl methyl sites for hydroxylation is 2. The topological polar surface area (TPSA) is 29.1 Å². The second-order valence-corrected chi connectivity index (χ2v) is 5.67. The van der Waals surface area contributed by atoms with Crippen LogP contribution < -0.4 is 5.32 Å². The van der Waals surface area contributed by atoms with Gasteiger partial charge in [0, 0.05) is 18.3 Å². The lowest BCUT2D eigenvalue weighted by Gasteiger charge is -2.11. The molecule has 100 valence electrons. The Hall–Kier alpha value is -0.830. The maximum Gasteiger partial charge on any atom is 0.220 e. The van der Waals surface area contributed by atoms with Crippen molar-refractivity contribution in [3.05, 3.63) is 35.4 Å². The van der Waals surface area contributed by atoms with Crippen molar-refractivity contribution in [1.82, 2.24) is 5.32 Å². The molecule has 1 N–H and O–H groups in total. The van der Waals surface area contributed by atoms with Gasteiger partial charge in [-0.05, 0) is 31.2 Å². The maximum absolute atomic E-state index is 11.7. The van der Waals surface area contributed by atoms with Gasteiger partial charge in [-0.2, -0.15) is 0 Å². The number of amides is 1. The van der Waals surface area contributed by atoms with Crippen molar-refractivity contribution in [2.24, 2.45) is 5.92 Å². The summed E-state index contributed by atoms with van der Waals surface area (Å²) in [6, 6.07) is 8.36. The van der Waals surface area contributed by atoms with Crippen LogP contribution in [0.1, 0.15) is 30.9 Å². The smallest absolute Gasteiger partial charge is 0.220 e. The van der Waals surface area contributed by atoms with E-state index < -0.39 is 0 Å². The first kappa shape index (κ1) is 15.2. The number of nitrogens with one attached hydrogen (secondary N) is 1. The first-order chi connectivity index (χ1) is 8.61. The minimum absolute atomic E-state index is 0.150. The predicted octanol–water partition coefficient (Wildman–Crippen LogP) is 3.46. The summed E-state index contributed by atoms with van der Waals surface area (Å²) < 4.78 is 0. The van der Waals surface area contributed by atoms with Gasteiger partial charge >= 0.3 is 0 Å². The molecule has 0 saturated heterocycles. The van der Waals surface area contributed by atoms with E-state index in [0.717, 1.165) is 24.7 Å². The van der Waals surface area contributed by atoms with Crippen LogP contribution in [0, 0.1) is 12.8 Å². The highest BCUT2D eigenvalue weighted by atomic mass is 79.9. The van der Waals surface area contributed by atoms with Crippen molar-refractivity contribution in [1.29, 1.82) is 0 Å². The van der Waals surface area contributed by atoms with E-state index in [2.05, 4.69) is 59.4 Å². The summed E-state index contributed by atoms with van der Waals surface area (Å²) in [6.07, 6.45) is 2.49. The van der Waals surface area contributed by atoms with E-state index in [9.17, 15) is 4.79 Å². The van der Waals surface area contributed by atoms with E-state index in [0.29, 0.717) is 12.3 Å². The standard InChI is InChI=1S/C15H22BrNO/c1-12-3-5-14(6-4-12)7-8-15(18)17-11-13(2)9-10-16/h3-6,13H,7-11H2,1-2H3,(H,17,18). The molecule has 0 heterocycles. The van der Waals surface area contributed by atoms with Crippen LogP contribution in [0.5, 0.6) is 0 Å².